The summed E-state index contributed by atoms with van der Waals surface area (Å²) < 4.78 is 36.2. The molecule has 0 aromatic heterocycles. The van der Waals surface area contributed by atoms with Crippen LogP contribution in [0.3, 0.4) is 0 Å². The van der Waals surface area contributed by atoms with Crippen molar-refractivity contribution in [2.75, 3.05) is 45.3 Å². The summed E-state index contributed by atoms with van der Waals surface area (Å²) in [4.78, 5) is 15.4. The van der Waals surface area contributed by atoms with E-state index in [2.05, 4.69) is 9.62 Å². The van der Waals surface area contributed by atoms with Crippen LogP contribution in [-0.4, -0.2) is 58.6 Å². The number of halogens is 1. The second kappa shape index (κ2) is 12.6. The van der Waals surface area contributed by atoms with Crippen molar-refractivity contribution in [1.29, 1.82) is 0 Å². The zero-order chi connectivity index (χ0) is 25.4. The van der Waals surface area contributed by atoms with Crippen LogP contribution in [0.5, 0.6) is 11.5 Å². The SMILES string of the molecule is COc1cccc(COc2cc(N)c(Cl)cc2C(=O)CCC2CCN(CCNS(C)(=O)=O)CC2)c1. The second-order valence-electron chi connectivity index (χ2n) is 8.92. The molecule has 10 heteroatoms. The van der Waals surface area contributed by atoms with Gasteiger partial charge in [0.1, 0.15) is 18.1 Å². The molecule has 2 aromatic carbocycles. The number of carbonyl (C=O) groups is 1. The Bertz CT molecular complexity index is 1120. The number of anilines is 1. The molecular weight excluding hydrogens is 490 g/mol. The van der Waals surface area contributed by atoms with Crippen molar-refractivity contribution in [1.82, 2.24) is 9.62 Å². The molecule has 0 saturated carbocycles. The van der Waals surface area contributed by atoms with Gasteiger partial charge >= 0.3 is 0 Å². The Kier molecular flexibility index (Phi) is 9.80. The van der Waals surface area contributed by atoms with E-state index in [4.69, 9.17) is 26.8 Å². The minimum absolute atomic E-state index is 0.0210. The van der Waals surface area contributed by atoms with Crippen LogP contribution in [0, 0.1) is 5.92 Å². The summed E-state index contributed by atoms with van der Waals surface area (Å²) in [7, 11) is -1.55. The monoisotopic (exact) mass is 523 g/mol. The average molecular weight is 524 g/mol. The van der Waals surface area contributed by atoms with E-state index in [9.17, 15) is 13.2 Å². The van der Waals surface area contributed by atoms with Gasteiger partial charge in [-0.3, -0.25) is 4.79 Å². The van der Waals surface area contributed by atoms with Gasteiger partial charge in [-0.2, -0.15) is 0 Å². The molecule has 0 unspecified atom stereocenters. The Morgan fingerprint density at radius 2 is 1.97 bits per heavy atom. The van der Waals surface area contributed by atoms with E-state index in [-0.39, 0.29) is 12.4 Å². The zero-order valence-corrected chi connectivity index (χ0v) is 21.8. The molecule has 1 heterocycles. The average Bonchev–Trinajstić information content (AvgIpc) is 2.83. The van der Waals surface area contributed by atoms with Gasteiger partial charge in [0.25, 0.3) is 0 Å². The molecular formula is C25H34ClN3O5S. The number of Topliss-reactive ketones (excluding diaryl/α,β-unsaturated/α-hetero) is 1. The first kappa shape index (κ1) is 27.3. The normalized spacial score (nSPS) is 15.2. The first-order valence-electron chi connectivity index (χ1n) is 11.7. The van der Waals surface area contributed by atoms with E-state index in [0.29, 0.717) is 47.5 Å². The molecule has 192 valence electrons. The Morgan fingerprint density at radius 3 is 2.66 bits per heavy atom. The number of methoxy groups -OCH3 is 1. The number of ether oxygens (including phenoxy) is 2. The number of ketones is 1. The lowest BCUT2D eigenvalue weighted by Gasteiger charge is -2.31. The Hall–Kier alpha value is -2.33. The van der Waals surface area contributed by atoms with E-state index >= 15 is 0 Å². The van der Waals surface area contributed by atoms with Gasteiger partial charge in [-0.15, -0.1) is 0 Å². The molecule has 8 nitrogen and oxygen atoms in total. The fourth-order valence-corrected chi connectivity index (χ4v) is 4.81. The number of nitrogens with two attached hydrogens (primary N) is 1. The second-order valence-corrected chi connectivity index (χ2v) is 11.2. The number of hydrogen-bond acceptors (Lipinski definition) is 7. The van der Waals surface area contributed by atoms with Gasteiger partial charge in [-0.05, 0) is 62.0 Å². The molecule has 35 heavy (non-hydrogen) atoms. The summed E-state index contributed by atoms with van der Waals surface area (Å²) in [5, 5.41) is 0.332. The largest absolute Gasteiger partial charge is 0.497 e. The molecule has 1 aliphatic rings. The quantitative estimate of drug-likeness (QED) is 0.322. The summed E-state index contributed by atoms with van der Waals surface area (Å²) in [6, 6.07) is 10.7. The van der Waals surface area contributed by atoms with E-state index in [1.54, 1.807) is 19.2 Å². The lowest BCUT2D eigenvalue weighted by molar-refractivity contribution is 0.0958. The lowest BCUT2D eigenvalue weighted by Crippen LogP contribution is -2.39. The van der Waals surface area contributed by atoms with Gasteiger partial charge < -0.3 is 20.1 Å². The fraction of sp³-hybridized carbons (Fsp3) is 0.480. The molecule has 1 fully saturated rings. The maximum Gasteiger partial charge on any atom is 0.208 e. The number of likely N-dealkylation sites (tertiary alicyclic amines) is 1. The van der Waals surface area contributed by atoms with Crippen LogP contribution in [0.2, 0.25) is 5.02 Å². The van der Waals surface area contributed by atoms with Crippen molar-refractivity contribution in [3.63, 3.8) is 0 Å². The number of nitrogens with one attached hydrogen (secondary N) is 1. The molecule has 2 aromatic rings. The standard InChI is InChI=1S/C25H34ClN3O5S/c1-33-20-5-3-4-19(14-20)17-34-25-16-23(27)22(26)15-21(25)24(30)7-6-18-8-11-29(12-9-18)13-10-28-35(2,31)32/h3-5,14-16,18,28H,6-13,17,27H2,1-2H3. The number of sulfonamides is 1. The Balaban J connectivity index is 1.54. The summed E-state index contributed by atoms with van der Waals surface area (Å²) in [6.07, 6.45) is 4.31. The third-order valence-corrected chi connectivity index (χ3v) is 7.26. The minimum Gasteiger partial charge on any atom is -0.497 e. The molecule has 1 saturated heterocycles. The summed E-state index contributed by atoms with van der Waals surface area (Å²) in [6.45, 7) is 3.17. The van der Waals surface area contributed by atoms with Gasteiger partial charge in [-0.1, -0.05) is 23.7 Å². The first-order valence-corrected chi connectivity index (χ1v) is 14.0. The number of nitrogen functional groups attached to an aromatic ring is 1. The predicted octanol–water partition coefficient (Wildman–Crippen LogP) is 3.73. The maximum absolute atomic E-state index is 13.1. The number of benzene rings is 2. The highest BCUT2D eigenvalue weighted by Crippen LogP contribution is 2.32. The molecule has 0 radical (unpaired) electrons. The van der Waals surface area contributed by atoms with Crippen molar-refractivity contribution in [2.24, 2.45) is 5.92 Å². The number of rotatable bonds is 12. The number of nitrogens with zero attached hydrogens (tertiary/aromatic N) is 1. The molecule has 0 atom stereocenters. The lowest BCUT2D eigenvalue weighted by atomic mass is 9.90. The van der Waals surface area contributed by atoms with E-state index in [0.717, 1.165) is 43.7 Å². The summed E-state index contributed by atoms with van der Waals surface area (Å²) in [5.74, 6) is 1.58. The Labute approximate surface area is 212 Å². The first-order chi connectivity index (χ1) is 16.6. The van der Waals surface area contributed by atoms with Crippen LogP contribution >= 0.6 is 11.6 Å². The summed E-state index contributed by atoms with van der Waals surface area (Å²) in [5.41, 5.74) is 7.70. The third-order valence-electron chi connectivity index (χ3n) is 6.21. The van der Waals surface area contributed by atoms with Crippen molar-refractivity contribution >= 4 is 33.1 Å². The van der Waals surface area contributed by atoms with Crippen molar-refractivity contribution in [3.05, 3.63) is 52.5 Å². The van der Waals surface area contributed by atoms with Crippen LogP contribution < -0.4 is 19.9 Å². The topological polar surface area (TPSA) is 111 Å². The van der Waals surface area contributed by atoms with Crippen molar-refractivity contribution in [3.8, 4) is 11.5 Å². The van der Waals surface area contributed by atoms with E-state index in [1.807, 2.05) is 24.3 Å². The van der Waals surface area contributed by atoms with Gasteiger partial charge in [0, 0.05) is 25.6 Å². The number of hydrogen-bond donors (Lipinski definition) is 2. The highest BCUT2D eigenvalue weighted by molar-refractivity contribution is 7.88. The van der Waals surface area contributed by atoms with Crippen LogP contribution in [-0.2, 0) is 16.6 Å². The van der Waals surface area contributed by atoms with Crippen LogP contribution in [0.1, 0.15) is 41.6 Å². The van der Waals surface area contributed by atoms with E-state index < -0.39 is 10.0 Å². The fourth-order valence-electron chi connectivity index (χ4n) is 4.19. The number of carbonyl (C=O) groups excluding carboxylic acids is 1. The molecule has 0 spiro atoms. The molecule has 3 N–H and O–H groups in total. The molecule has 1 aliphatic heterocycles. The molecule has 3 rings (SSSR count). The van der Waals surface area contributed by atoms with Gasteiger partial charge in [-0.25, -0.2) is 13.1 Å². The Morgan fingerprint density at radius 1 is 1.23 bits per heavy atom. The predicted molar refractivity (Wildman–Crippen MR) is 139 cm³/mol. The molecule has 0 aliphatic carbocycles. The summed E-state index contributed by atoms with van der Waals surface area (Å²) >= 11 is 6.22. The molecule has 0 bridgehead atoms. The van der Waals surface area contributed by atoms with Crippen LogP contribution in [0.4, 0.5) is 5.69 Å². The van der Waals surface area contributed by atoms with Gasteiger partial charge in [0.05, 0.1) is 29.6 Å². The maximum atomic E-state index is 13.1. The molecule has 0 amide bonds. The van der Waals surface area contributed by atoms with Gasteiger partial charge in [0.15, 0.2) is 5.78 Å². The zero-order valence-electron chi connectivity index (χ0n) is 20.3. The van der Waals surface area contributed by atoms with E-state index in [1.165, 1.54) is 6.26 Å². The van der Waals surface area contributed by atoms with Gasteiger partial charge in [0.2, 0.25) is 10.0 Å². The van der Waals surface area contributed by atoms with Crippen LogP contribution in [0.15, 0.2) is 36.4 Å². The number of piperidine rings is 1. The van der Waals surface area contributed by atoms with Crippen molar-refractivity contribution in [2.45, 2.75) is 32.3 Å². The highest BCUT2D eigenvalue weighted by atomic mass is 35.5. The van der Waals surface area contributed by atoms with Crippen LogP contribution in [0.25, 0.3) is 0 Å². The smallest absolute Gasteiger partial charge is 0.208 e. The highest BCUT2D eigenvalue weighted by Gasteiger charge is 2.22. The third kappa shape index (κ3) is 8.68. The minimum atomic E-state index is -3.16. The van der Waals surface area contributed by atoms with Crippen molar-refractivity contribution < 1.29 is 22.7 Å².